The topological polar surface area (TPSA) is 39.1 Å². The van der Waals surface area contributed by atoms with E-state index in [0.717, 1.165) is 39.1 Å². The lowest BCUT2D eigenvalue weighted by atomic mass is 9.99. The number of nitrogens with one attached hydrogen (secondary N) is 1. The quantitative estimate of drug-likeness (QED) is 0.912. The van der Waals surface area contributed by atoms with Gasteiger partial charge < -0.3 is 14.6 Å². The fourth-order valence-corrected chi connectivity index (χ4v) is 3.06. The SMILES string of the molecule is Cc1cnc(C2CCOCC2)n1C1CCNC1.Cl.Cl. The van der Waals surface area contributed by atoms with Gasteiger partial charge in [-0.2, -0.15) is 0 Å². The molecule has 1 aromatic rings. The van der Waals surface area contributed by atoms with Crippen molar-refractivity contribution < 1.29 is 4.74 Å². The van der Waals surface area contributed by atoms with Crippen LogP contribution in [0.3, 0.4) is 0 Å². The Bertz CT molecular complexity index is 385. The Morgan fingerprint density at radius 2 is 2.00 bits per heavy atom. The fourth-order valence-electron chi connectivity index (χ4n) is 3.06. The summed E-state index contributed by atoms with van der Waals surface area (Å²) in [5, 5.41) is 3.44. The molecule has 1 unspecified atom stereocenters. The van der Waals surface area contributed by atoms with Crippen molar-refractivity contribution in [1.29, 1.82) is 0 Å². The highest BCUT2D eigenvalue weighted by atomic mass is 35.5. The lowest BCUT2D eigenvalue weighted by molar-refractivity contribution is 0.0825. The number of rotatable bonds is 2. The van der Waals surface area contributed by atoms with E-state index in [0.29, 0.717) is 12.0 Å². The predicted octanol–water partition coefficient (Wildman–Crippen LogP) is 2.46. The molecule has 2 aliphatic rings. The third-order valence-electron chi connectivity index (χ3n) is 4.00. The van der Waals surface area contributed by atoms with Crippen molar-refractivity contribution >= 4 is 24.8 Å². The first-order valence-corrected chi connectivity index (χ1v) is 6.68. The molecule has 2 fully saturated rings. The van der Waals surface area contributed by atoms with E-state index in [9.17, 15) is 0 Å². The second-order valence-electron chi connectivity index (χ2n) is 5.16. The number of halogens is 2. The molecular weight excluding hydrogens is 285 g/mol. The van der Waals surface area contributed by atoms with E-state index in [4.69, 9.17) is 4.74 Å². The predicted molar refractivity (Wildman–Crippen MR) is 80.8 cm³/mol. The van der Waals surface area contributed by atoms with Crippen molar-refractivity contribution in [2.75, 3.05) is 26.3 Å². The maximum absolute atomic E-state index is 5.44. The number of ether oxygens (including phenoxy) is 1. The Balaban J connectivity index is 0.000000902. The van der Waals surface area contributed by atoms with Crippen LogP contribution in [0.4, 0.5) is 0 Å². The number of nitrogens with zero attached hydrogens (tertiary/aromatic N) is 2. The van der Waals surface area contributed by atoms with E-state index >= 15 is 0 Å². The highest BCUT2D eigenvalue weighted by molar-refractivity contribution is 5.85. The maximum Gasteiger partial charge on any atom is 0.112 e. The van der Waals surface area contributed by atoms with Crippen LogP contribution in [0, 0.1) is 6.92 Å². The zero-order valence-corrected chi connectivity index (χ0v) is 12.9. The van der Waals surface area contributed by atoms with E-state index in [2.05, 4.69) is 21.8 Å². The average molecular weight is 308 g/mol. The summed E-state index contributed by atoms with van der Waals surface area (Å²) >= 11 is 0. The summed E-state index contributed by atoms with van der Waals surface area (Å²) in [6.45, 7) is 6.18. The normalized spacial score (nSPS) is 23.7. The Kier molecular flexibility index (Phi) is 6.60. The average Bonchev–Trinajstić information content (AvgIpc) is 2.99. The summed E-state index contributed by atoms with van der Waals surface area (Å²) in [6, 6.07) is 0.607. The molecule has 2 saturated heterocycles. The van der Waals surface area contributed by atoms with Crippen LogP contribution in [0.25, 0.3) is 0 Å². The second-order valence-corrected chi connectivity index (χ2v) is 5.16. The van der Waals surface area contributed by atoms with Crippen LogP contribution >= 0.6 is 24.8 Å². The molecule has 19 heavy (non-hydrogen) atoms. The van der Waals surface area contributed by atoms with Crippen molar-refractivity contribution in [2.45, 2.75) is 38.1 Å². The monoisotopic (exact) mass is 307 g/mol. The van der Waals surface area contributed by atoms with Gasteiger partial charge in [-0.25, -0.2) is 4.98 Å². The largest absolute Gasteiger partial charge is 0.381 e. The summed E-state index contributed by atoms with van der Waals surface area (Å²) in [5.74, 6) is 1.89. The molecule has 0 bridgehead atoms. The highest BCUT2D eigenvalue weighted by Crippen LogP contribution is 2.30. The minimum Gasteiger partial charge on any atom is -0.381 e. The summed E-state index contributed by atoms with van der Waals surface area (Å²) in [4.78, 5) is 4.66. The van der Waals surface area contributed by atoms with E-state index < -0.39 is 0 Å². The third-order valence-corrected chi connectivity index (χ3v) is 4.00. The van der Waals surface area contributed by atoms with Gasteiger partial charge in [-0.3, -0.25) is 0 Å². The molecule has 0 amide bonds. The lowest BCUT2D eigenvalue weighted by Gasteiger charge is -2.25. The molecule has 110 valence electrons. The molecule has 1 atom stereocenters. The first-order valence-electron chi connectivity index (χ1n) is 6.68. The number of hydrogen-bond acceptors (Lipinski definition) is 3. The standard InChI is InChI=1S/C13H21N3O.2ClH/c1-10-8-15-13(11-3-6-17-7-4-11)16(10)12-2-5-14-9-12;;/h8,11-12,14H,2-7,9H2,1H3;2*1H. The summed E-state index contributed by atoms with van der Waals surface area (Å²) < 4.78 is 7.91. The molecule has 0 spiro atoms. The molecule has 3 rings (SSSR count). The van der Waals surface area contributed by atoms with Crippen LogP contribution < -0.4 is 5.32 Å². The number of imidazole rings is 1. The van der Waals surface area contributed by atoms with Crippen molar-refractivity contribution in [3.8, 4) is 0 Å². The Morgan fingerprint density at radius 1 is 1.26 bits per heavy atom. The lowest BCUT2D eigenvalue weighted by Crippen LogP contribution is -2.22. The van der Waals surface area contributed by atoms with Crippen LogP contribution in [0.5, 0.6) is 0 Å². The van der Waals surface area contributed by atoms with Gasteiger partial charge in [-0.15, -0.1) is 24.8 Å². The molecular formula is C13H23Cl2N3O. The van der Waals surface area contributed by atoms with E-state index in [1.165, 1.54) is 17.9 Å². The van der Waals surface area contributed by atoms with Gasteiger partial charge in [0, 0.05) is 43.6 Å². The number of aromatic nitrogens is 2. The molecule has 0 saturated carbocycles. The molecule has 0 radical (unpaired) electrons. The molecule has 1 aromatic heterocycles. The first-order chi connectivity index (χ1) is 8.36. The molecule has 4 nitrogen and oxygen atoms in total. The zero-order chi connectivity index (χ0) is 11.7. The summed E-state index contributed by atoms with van der Waals surface area (Å²) in [5.41, 5.74) is 1.31. The number of hydrogen-bond donors (Lipinski definition) is 1. The first kappa shape index (κ1) is 16.8. The third kappa shape index (κ3) is 3.43. The van der Waals surface area contributed by atoms with Gasteiger partial charge >= 0.3 is 0 Å². The van der Waals surface area contributed by atoms with Gasteiger partial charge in [0.05, 0.1) is 0 Å². The van der Waals surface area contributed by atoms with E-state index in [1.807, 2.05) is 6.20 Å². The fraction of sp³-hybridized carbons (Fsp3) is 0.769. The van der Waals surface area contributed by atoms with Gasteiger partial charge in [0.2, 0.25) is 0 Å². The number of aryl methyl sites for hydroxylation is 1. The van der Waals surface area contributed by atoms with Crippen LogP contribution in [-0.2, 0) is 4.74 Å². The van der Waals surface area contributed by atoms with Crippen molar-refractivity contribution in [3.63, 3.8) is 0 Å². The van der Waals surface area contributed by atoms with Gasteiger partial charge in [-0.1, -0.05) is 0 Å². The van der Waals surface area contributed by atoms with Gasteiger partial charge in [0.25, 0.3) is 0 Å². The zero-order valence-electron chi connectivity index (χ0n) is 11.3. The van der Waals surface area contributed by atoms with Gasteiger partial charge in [0.15, 0.2) is 0 Å². The van der Waals surface area contributed by atoms with Gasteiger partial charge in [-0.05, 0) is 32.7 Å². The molecule has 0 aromatic carbocycles. The van der Waals surface area contributed by atoms with E-state index in [1.54, 1.807) is 0 Å². The van der Waals surface area contributed by atoms with Gasteiger partial charge in [0.1, 0.15) is 5.82 Å². The van der Waals surface area contributed by atoms with Crippen LogP contribution in [0.2, 0.25) is 0 Å². The highest BCUT2D eigenvalue weighted by Gasteiger charge is 2.26. The Morgan fingerprint density at radius 3 is 2.63 bits per heavy atom. The van der Waals surface area contributed by atoms with Crippen LogP contribution in [-0.4, -0.2) is 35.9 Å². The molecule has 0 aliphatic carbocycles. The van der Waals surface area contributed by atoms with Crippen molar-refractivity contribution in [1.82, 2.24) is 14.9 Å². The Hall–Kier alpha value is -0.290. The molecule has 2 aliphatic heterocycles. The minimum absolute atomic E-state index is 0. The van der Waals surface area contributed by atoms with Crippen molar-refractivity contribution in [3.05, 3.63) is 17.7 Å². The van der Waals surface area contributed by atoms with Crippen molar-refractivity contribution in [2.24, 2.45) is 0 Å². The Labute approximate surface area is 127 Å². The van der Waals surface area contributed by atoms with Crippen LogP contribution in [0.15, 0.2) is 6.20 Å². The molecule has 6 heteroatoms. The smallest absolute Gasteiger partial charge is 0.112 e. The summed E-state index contributed by atoms with van der Waals surface area (Å²) in [7, 11) is 0. The second kappa shape index (κ2) is 7.48. The minimum atomic E-state index is 0. The summed E-state index contributed by atoms with van der Waals surface area (Å²) in [6.07, 6.45) is 5.50. The maximum atomic E-state index is 5.44. The van der Waals surface area contributed by atoms with E-state index in [-0.39, 0.29) is 24.8 Å². The molecule has 3 heterocycles. The van der Waals surface area contributed by atoms with Crippen LogP contribution in [0.1, 0.15) is 42.7 Å². The molecule has 1 N–H and O–H groups in total.